The maximum absolute atomic E-state index is 13.6. The number of carbonyl (C=O) groups excluding carboxylic acids is 2. The Morgan fingerprint density at radius 3 is 2.83 bits per heavy atom. The number of ether oxygens (including phenoxy) is 1. The number of fused-ring (bicyclic) bond motifs is 1. The van der Waals surface area contributed by atoms with E-state index >= 15 is 0 Å². The number of amides is 2. The summed E-state index contributed by atoms with van der Waals surface area (Å²) in [4.78, 5) is 35.7. The normalized spacial score (nSPS) is 12.9. The Hall–Kier alpha value is -3.33. The van der Waals surface area contributed by atoms with E-state index in [2.05, 4.69) is 15.3 Å². The van der Waals surface area contributed by atoms with Crippen LogP contribution in [0.25, 0.3) is 0 Å². The minimum atomic E-state index is -0.503. The molecule has 29 heavy (non-hydrogen) atoms. The minimum Gasteiger partial charge on any atom is -0.481 e. The van der Waals surface area contributed by atoms with Crippen LogP contribution in [-0.2, 0) is 17.8 Å². The van der Waals surface area contributed by atoms with E-state index in [1.807, 2.05) is 0 Å². The smallest absolute Gasteiger partial charge is 0.276 e. The molecule has 1 N–H and O–H groups in total. The molecule has 1 aliphatic heterocycles. The van der Waals surface area contributed by atoms with Gasteiger partial charge in [0.1, 0.15) is 5.69 Å². The molecule has 3 heterocycles. The Bertz CT molecular complexity index is 1040. The summed E-state index contributed by atoms with van der Waals surface area (Å²) >= 11 is 1.33. The van der Waals surface area contributed by atoms with Gasteiger partial charge in [0.25, 0.3) is 11.8 Å². The average molecular weight is 412 g/mol. The van der Waals surface area contributed by atoms with Gasteiger partial charge in [0, 0.05) is 24.0 Å². The molecule has 0 saturated heterocycles. The number of para-hydroxylation sites is 1. The number of aromatic nitrogens is 2. The van der Waals surface area contributed by atoms with Crippen LogP contribution in [0.1, 0.15) is 21.1 Å². The topological polar surface area (TPSA) is 84.4 Å². The Morgan fingerprint density at radius 2 is 2.03 bits per heavy atom. The maximum atomic E-state index is 13.6. The van der Waals surface area contributed by atoms with E-state index in [1.165, 1.54) is 23.5 Å². The third kappa shape index (κ3) is 4.40. The maximum Gasteiger partial charge on any atom is 0.276 e. The Morgan fingerprint density at radius 1 is 1.21 bits per heavy atom. The average Bonchev–Trinajstić information content (AvgIpc) is 3.15. The first kappa shape index (κ1) is 19.0. The molecule has 3 aromatic rings. The zero-order valence-corrected chi connectivity index (χ0v) is 16.1. The van der Waals surface area contributed by atoms with Crippen molar-refractivity contribution < 1.29 is 18.7 Å². The molecule has 4 rings (SSSR count). The van der Waals surface area contributed by atoms with Crippen molar-refractivity contribution in [1.29, 1.82) is 0 Å². The lowest BCUT2D eigenvalue weighted by atomic mass is 10.2. The van der Waals surface area contributed by atoms with Gasteiger partial charge < -0.3 is 9.64 Å². The molecule has 0 unspecified atom stereocenters. The fraction of sp³-hybridized carbons (Fsp3) is 0.200. The van der Waals surface area contributed by atoms with Crippen LogP contribution in [0.5, 0.6) is 5.75 Å². The fourth-order valence-electron chi connectivity index (χ4n) is 2.91. The second kappa shape index (κ2) is 8.36. The predicted octanol–water partition coefficient (Wildman–Crippen LogP) is 2.89. The second-order valence-electron chi connectivity index (χ2n) is 6.34. The lowest BCUT2D eigenvalue weighted by Crippen LogP contribution is -2.38. The molecule has 1 aliphatic rings. The third-order valence-electron chi connectivity index (χ3n) is 4.39. The molecule has 0 radical (unpaired) electrons. The molecule has 7 nitrogen and oxygen atoms in total. The van der Waals surface area contributed by atoms with Crippen LogP contribution >= 0.6 is 11.3 Å². The number of rotatable bonds is 5. The van der Waals surface area contributed by atoms with Gasteiger partial charge in [-0.2, -0.15) is 0 Å². The first-order valence-electron chi connectivity index (χ1n) is 8.96. The van der Waals surface area contributed by atoms with Crippen molar-refractivity contribution in [3.05, 3.63) is 70.7 Å². The molecule has 0 fully saturated rings. The Labute approximate surface area is 170 Å². The third-order valence-corrected chi connectivity index (χ3v) is 5.39. The number of thiazole rings is 1. The van der Waals surface area contributed by atoms with Crippen LogP contribution in [0.3, 0.4) is 0 Å². The summed E-state index contributed by atoms with van der Waals surface area (Å²) in [7, 11) is 0. The SMILES string of the molecule is O=C(Nc1nc2c(s1)CN(C(=O)COc1ccccc1F)CC2)c1ccccn1. The van der Waals surface area contributed by atoms with Crippen molar-refractivity contribution in [3.8, 4) is 5.75 Å². The summed E-state index contributed by atoms with van der Waals surface area (Å²) in [5.41, 5.74) is 1.17. The highest BCUT2D eigenvalue weighted by Crippen LogP contribution is 2.28. The highest BCUT2D eigenvalue weighted by Gasteiger charge is 2.25. The lowest BCUT2D eigenvalue weighted by molar-refractivity contribution is -0.134. The molecule has 0 bridgehead atoms. The summed E-state index contributed by atoms with van der Waals surface area (Å²) in [6.45, 7) is 0.633. The standard InChI is InChI=1S/C20H17FN4O3S/c21-13-5-1-2-7-16(13)28-12-18(26)25-10-8-14-17(11-25)29-20(23-14)24-19(27)15-6-3-4-9-22-15/h1-7,9H,8,10-12H2,(H,23,24,27). The van der Waals surface area contributed by atoms with Crippen molar-refractivity contribution >= 4 is 28.3 Å². The Kier molecular flexibility index (Phi) is 5.48. The molecule has 9 heteroatoms. The van der Waals surface area contributed by atoms with Crippen molar-refractivity contribution in [2.75, 3.05) is 18.5 Å². The van der Waals surface area contributed by atoms with Gasteiger partial charge in [0.2, 0.25) is 0 Å². The number of nitrogens with one attached hydrogen (secondary N) is 1. The van der Waals surface area contributed by atoms with E-state index in [4.69, 9.17) is 4.74 Å². The number of nitrogens with zero attached hydrogens (tertiary/aromatic N) is 3. The van der Waals surface area contributed by atoms with E-state index < -0.39 is 5.82 Å². The summed E-state index contributed by atoms with van der Waals surface area (Å²) in [5, 5.41) is 3.22. The summed E-state index contributed by atoms with van der Waals surface area (Å²) in [6, 6.07) is 11.1. The zero-order valence-electron chi connectivity index (χ0n) is 15.3. The van der Waals surface area contributed by atoms with Crippen LogP contribution in [0.4, 0.5) is 9.52 Å². The summed E-state index contributed by atoms with van der Waals surface area (Å²) in [6.07, 6.45) is 2.13. The van der Waals surface area contributed by atoms with Crippen molar-refractivity contribution in [3.63, 3.8) is 0 Å². The molecule has 0 atom stereocenters. The molecule has 148 valence electrons. The van der Waals surface area contributed by atoms with Crippen molar-refractivity contribution in [1.82, 2.24) is 14.9 Å². The largest absolute Gasteiger partial charge is 0.481 e. The number of pyridine rings is 1. The van der Waals surface area contributed by atoms with E-state index in [1.54, 1.807) is 41.4 Å². The summed E-state index contributed by atoms with van der Waals surface area (Å²) < 4.78 is 18.9. The van der Waals surface area contributed by atoms with E-state index in [-0.39, 0.29) is 24.2 Å². The highest BCUT2D eigenvalue weighted by atomic mass is 32.1. The number of hydrogen-bond acceptors (Lipinski definition) is 6. The van der Waals surface area contributed by atoms with E-state index in [0.29, 0.717) is 30.3 Å². The highest BCUT2D eigenvalue weighted by molar-refractivity contribution is 7.15. The predicted molar refractivity (Wildman–Crippen MR) is 105 cm³/mol. The molecular weight excluding hydrogens is 395 g/mol. The summed E-state index contributed by atoms with van der Waals surface area (Å²) in [5.74, 6) is -1.01. The molecule has 1 aromatic carbocycles. The molecule has 2 aromatic heterocycles. The Balaban J connectivity index is 1.37. The molecule has 0 spiro atoms. The van der Waals surface area contributed by atoms with Gasteiger partial charge in [-0.15, -0.1) is 0 Å². The first-order chi connectivity index (χ1) is 14.1. The minimum absolute atomic E-state index is 0.0517. The lowest BCUT2D eigenvalue weighted by Gasteiger charge is -2.26. The van der Waals surface area contributed by atoms with E-state index in [0.717, 1.165) is 10.6 Å². The van der Waals surface area contributed by atoms with Crippen LogP contribution in [0, 0.1) is 5.82 Å². The van der Waals surface area contributed by atoms with Gasteiger partial charge in [0.05, 0.1) is 12.2 Å². The molecule has 2 amide bonds. The van der Waals surface area contributed by atoms with Crippen LogP contribution in [0.15, 0.2) is 48.7 Å². The van der Waals surface area contributed by atoms with E-state index in [9.17, 15) is 14.0 Å². The van der Waals surface area contributed by atoms with Crippen LogP contribution < -0.4 is 10.1 Å². The molecule has 0 saturated carbocycles. The van der Waals surface area contributed by atoms with Gasteiger partial charge in [-0.25, -0.2) is 9.37 Å². The zero-order chi connectivity index (χ0) is 20.2. The monoisotopic (exact) mass is 412 g/mol. The first-order valence-corrected chi connectivity index (χ1v) is 9.78. The number of benzene rings is 1. The number of hydrogen-bond donors (Lipinski definition) is 1. The number of carbonyl (C=O) groups is 2. The van der Waals surface area contributed by atoms with Gasteiger partial charge in [-0.05, 0) is 24.3 Å². The quantitative estimate of drug-likeness (QED) is 0.697. The molecule has 0 aliphatic carbocycles. The van der Waals surface area contributed by atoms with Crippen LogP contribution in [-0.4, -0.2) is 39.8 Å². The number of anilines is 1. The van der Waals surface area contributed by atoms with Gasteiger partial charge >= 0.3 is 0 Å². The van der Waals surface area contributed by atoms with Gasteiger partial charge in [-0.3, -0.25) is 19.9 Å². The molecular formula is C20H17FN4O3S. The number of halogens is 1. The van der Waals surface area contributed by atoms with Crippen LogP contribution in [0.2, 0.25) is 0 Å². The van der Waals surface area contributed by atoms with Crippen molar-refractivity contribution in [2.24, 2.45) is 0 Å². The fourth-order valence-corrected chi connectivity index (χ4v) is 3.93. The van der Waals surface area contributed by atoms with Gasteiger partial charge in [0.15, 0.2) is 23.3 Å². The van der Waals surface area contributed by atoms with Crippen molar-refractivity contribution in [2.45, 2.75) is 13.0 Å². The second-order valence-corrected chi connectivity index (χ2v) is 7.43. The van der Waals surface area contributed by atoms with Gasteiger partial charge in [-0.1, -0.05) is 29.5 Å².